The molecule has 2 aliphatic rings. The minimum atomic E-state index is -0.598. The number of carbonyl (C=O) groups excluding carboxylic acids is 2. The zero-order valence-electron chi connectivity index (χ0n) is 17.6. The number of piperazine rings is 1. The molecule has 3 amide bonds. The summed E-state index contributed by atoms with van der Waals surface area (Å²) in [4.78, 5) is 33.0. The van der Waals surface area contributed by atoms with Gasteiger partial charge in [0.15, 0.2) is 0 Å². The van der Waals surface area contributed by atoms with Crippen LogP contribution in [0.3, 0.4) is 0 Å². The molecule has 0 aliphatic carbocycles. The fourth-order valence-corrected chi connectivity index (χ4v) is 4.20. The highest BCUT2D eigenvalue weighted by atomic mass is 19.1. The van der Waals surface area contributed by atoms with Gasteiger partial charge in [0.05, 0.1) is 6.67 Å². The Labute approximate surface area is 176 Å². The molecule has 2 heterocycles. The van der Waals surface area contributed by atoms with E-state index in [-0.39, 0.29) is 24.4 Å². The second kappa shape index (κ2) is 8.07. The summed E-state index contributed by atoms with van der Waals surface area (Å²) in [5, 5.41) is 0. The van der Waals surface area contributed by atoms with Gasteiger partial charge in [-0.3, -0.25) is 14.6 Å². The monoisotopic (exact) mass is 410 g/mol. The molecule has 4 rings (SSSR count). The largest absolute Gasteiger partial charge is 0.369 e. The van der Waals surface area contributed by atoms with Gasteiger partial charge in [-0.25, -0.2) is 14.1 Å². The number of urea groups is 1. The predicted molar refractivity (Wildman–Crippen MR) is 115 cm³/mol. The van der Waals surface area contributed by atoms with E-state index in [4.69, 9.17) is 0 Å². The molecule has 0 radical (unpaired) electrons. The van der Waals surface area contributed by atoms with Gasteiger partial charge < -0.3 is 4.90 Å². The summed E-state index contributed by atoms with van der Waals surface area (Å²) in [5.41, 5.74) is 4.35. The number of amides is 3. The van der Waals surface area contributed by atoms with Crippen molar-refractivity contribution in [3.63, 3.8) is 0 Å². The summed E-state index contributed by atoms with van der Waals surface area (Å²) >= 11 is 0. The van der Waals surface area contributed by atoms with Crippen molar-refractivity contribution in [1.82, 2.24) is 9.80 Å². The topological polar surface area (TPSA) is 47.1 Å². The summed E-state index contributed by atoms with van der Waals surface area (Å²) in [6.07, 6.45) is 0. The van der Waals surface area contributed by atoms with Crippen LogP contribution in [0.25, 0.3) is 0 Å². The van der Waals surface area contributed by atoms with Gasteiger partial charge in [0.25, 0.3) is 5.91 Å². The van der Waals surface area contributed by atoms with E-state index in [2.05, 4.69) is 41.8 Å². The molecular weight excluding hydrogens is 383 g/mol. The van der Waals surface area contributed by atoms with E-state index in [1.165, 1.54) is 50.9 Å². The van der Waals surface area contributed by atoms with Crippen LogP contribution in [0, 0.1) is 19.7 Å². The minimum Gasteiger partial charge on any atom is -0.369 e. The lowest BCUT2D eigenvalue weighted by Crippen LogP contribution is -2.51. The van der Waals surface area contributed by atoms with Crippen LogP contribution in [-0.2, 0) is 4.79 Å². The van der Waals surface area contributed by atoms with E-state index in [9.17, 15) is 14.0 Å². The molecule has 2 aliphatic heterocycles. The van der Waals surface area contributed by atoms with Crippen LogP contribution in [0.15, 0.2) is 42.5 Å². The van der Waals surface area contributed by atoms with Crippen LogP contribution < -0.4 is 9.80 Å². The molecule has 7 heteroatoms. The molecule has 0 bridgehead atoms. The molecular formula is C23H27FN4O2. The number of hydrogen-bond acceptors (Lipinski definition) is 4. The van der Waals surface area contributed by atoms with Crippen LogP contribution in [0.1, 0.15) is 18.1 Å². The first kappa shape index (κ1) is 20.3. The molecule has 30 heavy (non-hydrogen) atoms. The molecule has 1 atom stereocenters. The molecule has 0 saturated carbocycles. The minimum absolute atomic E-state index is 0.221. The highest BCUT2D eigenvalue weighted by molar-refractivity contribution is 6.14. The first-order chi connectivity index (χ1) is 14.4. The first-order valence-electron chi connectivity index (χ1n) is 10.3. The molecule has 0 spiro atoms. The highest BCUT2D eigenvalue weighted by Crippen LogP contribution is 2.27. The number of benzene rings is 2. The maximum atomic E-state index is 13.2. The third-order valence-corrected chi connectivity index (χ3v) is 6.18. The fraction of sp³-hybridized carbons (Fsp3) is 0.391. The van der Waals surface area contributed by atoms with Gasteiger partial charge in [-0.1, -0.05) is 12.1 Å². The number of anilines is 2. The lowest BCUT2D eigenvalue weighted by molar-refractivity contribution is -0.128. The molecule has 2 aromatic carbocycles. The normalized spacial score (nSPS) is 20.4. The van der Waals surface area contributed by atoms with Crippen molar-refractivity contribution < 1.29 is 14.0 Å². The van der Waals surface area contributed by atoms with Gasteiger partial charge >= 0.3 is 6.03 Å². The molecule has 158 valence electrons. The zero-order valence-corrected chi connectivity index (χ0v) is 17.6. The van der Waals surface area contributed by atoms with Crippen molar-refractivity contribution in [2.75, 3.05) is 42.6 Å². The Bertz CT molecular complexity index is 954. The summed E-state index contributed by atoms with van der Waals surface area (Å²) in [6.45, 7) is 9.49. The number of rotatable bonds is 4. The Hall–Kier alpha value is -2.93. The van der Waals surface area contributed by atoms with Gasteiger partial charge in [-0.15, -0.1) is 0 Å². The van der Waals surface area contributed by atoms with Crippen molar-refractivity contribution in [2.24, 2.45) is 0 Å². The summed E-state index contributed by atoms with van der Waals surface area (Å²) < 4.78 is 13.2. The van der Waals surface area contributed by atoms with Crippen LogP contribution >= 0.6 is 0 Å². The average Bonchev–Trinajstić information content (AvgIpc) is 2.95. The average molecular weight is 410 g/mol. The van der Waals surface area contributed by atoms with Gasteiger partial charge in [0.1, 0.15) is 11.9 Å². The van der Waals surface area contributed by atoms with Gasteiger partial charge in [0.2, 0.25) is 0 Å². The van der Waals surface area contributed by atoms with Gasteiger partial charge in [0, 0.05) is 37.6 Å². The molecule has 0 aromatic heterocycles. The zero-order chi connectivity index (χ0) is 21.4. The number of nitrogens with zero attached hydrogens (tertiary/aromatic N) is 4. The van der Waals surface area contributed by atoms with Crippen LogP contribution in [-0.4, -0.2) is 60.6 Å². The molecule has 2 saturated heterocycles. The van der Waals surface area contributed by atoms with E-state index < -0.39 is 6.04 Å². The highest BCUT2D eigenvalue weighted by Gasteiger charge is 2.44. The molecule has 6 nitrogen and oxygen atoms in total. The summed E-state index contributed by atoms with van der Waals surface area (Å²) in [7, 11) is 0. The van der Waals surface area contributed by atoms with E-state index >= 15 is 0 Å². The van der Waals surface area contributed by atoms with Crippen LogP contribution in [0.5, 0.6) is 0 Å². The Morgan fingerprint density at radius 3 is 2.30 bits per heavy atom. The molecule has 0 N–H and O–H groups in total. The summed E-state index contributed by atoms with van der Waals surface area (Å²) in [6, 6.07) is 11.1. The number of hydrogen-bond donors (Lipinski definition) is 0. The number of carbonyl (C=O) groups is 2. The second-order valence-corrected chi connectivity index (χ2v) is 8.04. The summed E-state index contributed by atoms with van der Waals surface area (Å²) in [5.74, 6) is -0.593. The number of halogens is 1. The standard InChI is InChI=1S/C23H27FN4O2/c1-16-5-4-6-21(17(16)2)26-13-11-25(12-14-26)15-27-22(29)18(3)28(23(27)30)20-9-7-19(24)8-10-20/h4-10,18H,11-15H2,1-3H3. The van der Waals surface area contributed by atoms with E-state index in [0.717, 1.165) is 26.2 Å². The predicted octanol–water partition coefficient (Wildman–Crippen LogP) is 3.38. The first-order valence-corrected chi connectivity index (χ1v) is 10.3. The maximum Gasteiger partial charge on any atom is 0.333 e. The fourth-order valence-electron chi connectivity index (χ4n) is 4.20. The molecule has 1 unspecified atom stereocenters. The third kappa shape index (κ3) is 3.65. The Morgan fingerprint density at radius 2 is 1.63 bits per heavy atom. The maximum absolute atomic E-state index is 13.2. The lowest BCUT2D eigenvalue weighted by Gasteiger charge is -2.38. The molecule has 2 aromatic rings. The molecule has 2 fully saturated rings. The van der Waals surface area contributed by atoms with Crippen LogP contribution in [0.4, 0.5) is 20.6 Å². The van der Waals surface area contributed by atoms with Crippen molar-refractivity contribution in [3.8, 4) is 0 Å². The van der Waals surface area contributed by atoms with Gasteiger partial charge in [-0.2, -0.15) is 0 Å². The number of aryl methyl sites for hydroxylation is 1. The van der Waals surface area contributed by atoms with E-state index in [1.807, 2.05) is 0 Å². The van der Waals surface area contributed by atoms with E-state index in [1.54, 1.807) is 6.92 Å². The Kier molecular flexibility index (Phi) is 5.47. The second-order valence-electron chi connectivity index (χ2n) is 8.04. The Balaban J connectivity index is 1.41. The third-order valence-electron chi connectivity index (χ3n) is 6.18. The van der Waals surface area contributed by atoms with Crippen molar-refractivity contribution in [1.29, 1.82) is 0 Å². The quantitative estimate of drug-likeness (QED) is 0.725. The SMILES string of the molecule is Cc1cccc(N2CCN(CN3C(=O)C(C)N(c4ccc(F)cc4)C3=O)CC2)c1C. The van der Waals surface area contributed by atoms with Crippen molar-refractivity contribution >= 4 is 23.3 Å². The van der Waals surface area contributed by atoms with Crippen LogP contribution in [0.2, 0.25) is 0 Å². The van der Waals surface area contributed by atoms with Crippen molar-refractivity contribution in [3.05, 3.63) is 59.4 Å². The Morgan fingerprint density at radius 1 is 0.967 bits per heavy atom. The van der Waals surface area contributed by atoms with E-state index in [0.29, 0.717) is 5.69 Å². The number of imide groups is 1. The van der Waals surface area contributed by atoms with Gasteiger partial charge in [-0.05, 0) is 62.2 Å². The van der Waals surface area contributed by atoms with Crippen molar-refractivity contribution in [2.45, 2.75) is 26.8 Å². The smallest absolute Gasteiger partial charge is 0.333 e. The lowest BCUT2D eigenvalue weighted by atomic mass is 10.1.